The van der Waals surface area contributed by atoms with Crippen LogP contribution in [0.4, 0.5) is 11.6 Å². The maximum Gasteiger partial charge on any atom is 0.347 e. The van der Waals surface area contributed by atoms with Crippen LogP contribution in [0, 0.1) is 0 Å². The van der Waals surface area contributed by atoms with Gasteiger partial charge >= 0.3 is 5.63 Å². The molecule has 10 heteroatoms. The van der Waals surface area contributed by atoms with Crippen LogP contribution < -0.4 is 16.3 Å². The summed E-state index contributed by atoms with van der Waals surface area (Å²) in [6.07, 6.45) is 1.28. The Balaban J connectivity index is 1.35. The number of ketones is 1. The first-order valence-corrected chi connectivity index (χ1v) is 13.3. The van der Waals surface area contributed by atoms with E-state index in [0.29, 0.717) is 53.8 Å². The third-order valence-corrected chi connectivity index (χ3v) is 7.18. The summed E-state index contributed by atoms with van der Waals surface area (Å²) >= 11 is 0. The van der Waals surface area contributed by atoms with Gasteiger partial charge in [0.15, 0.2) is 5.78 Å². The summed E-state index contributed by atoms with van der Waals surface area (Å²) in [7, 11) is 1.97. The number of ether oxygens (including phenoxy) is 1. The molecule has 1 unspecified atom stereocenters. The molecule has 4 heterocycles. The third-order valence-electron chi connectivity index (χ3n) is 7.18. The molecule has 0 bridgehead atoms. The molecule has 6 rings (SSSR count). The number of hydrogen-bond donors (Lipinski definition) is 2. The lowest BCUT2D eigenvalue weighted by molar-refractivity contribution is 0.0277. The second-order valence-electron chi connectivity index (χ2n) is 10.3. The normalized spacial score (nSPS) is 15.7. The lowest BCUT2D eigenvalue weighted by Gasteiger charge is -2.26. The second kappa shape index (κ2) is 10.3. The topological polar surface area (TPSA) is 124 Å². The Morgan fingerprint density at radius 3 is 2.75 bits per heavy atom. The van der Waals surface area contributed by atoms with Gasteiger partial charge in [-0.1, -0.05) is 19.9 Å². The number of nitrogens with zero attached hydrogens (tertiary/aromatic N) is 4. The molecule has 1 aliphatic rings. The van der Waals surface area contributed by atoms with Gasteiger partial charge in [-0.25, -0.2) is 14.8 Å². The van der Waals surface area contributed by atoms with Gasteiger partial charge in [-0.3, -0.25) is 9.48 Å². The molecular weight excluding hydrogens is 508 g/mol. The first-order valence-electron chi connectivity index (χ1n) is 13.3. The molecule has 3 aromatic heterocycles. The highest BCUT2D eigenvalue weighted by atomic mass is 16.5. The molecule has 1 fully saturated rings. The zero-order chi connectivity index (χ0) is 28.0. The van der Waals surface area contributed by atoms with Crippen molar-refractivity contribution in [1.82, 2.24) is 25.1 Å². The Labute approximate surface area is 230 Å². The van der Waals surface area contributed by atoms with Gasteiger partial charge in [0.05, 0.1) is 23.9 Å². The van der Waals surface area contributed by atoms with Gasteiger partial charge in [-0.15, -0.1) is 0 Å². The minimum absolute atomic E-state index is 0.0316. The fourth-order valence-corrected chi connectivity index (χ4v) is 5.49. The molecule has 0 saturated carbocycles. The van der Waals surface area contributed by atoms with E-state index in [4.69, 9.17) is 14.1 Å². The average molecular weight is 539 g/mol. The van der Waals surface area contributed by atoms with Gasteiger partial charge in [0.1, 0.15) is 11.1 Å². The van der Waals surface area contributed by atoms with Crippen LogP contribution in [0.15, 0.2) is 57.9 Å². The fraction of sp³-hybridized carbons (Fsp3) is 0.300. The van der Waals surface area contributed by atoms with Gasteiger partial charge in [0, 0.05) is 65.7 Å². The molecule has 40 heavy (non-hydrogen) atoms. The number of aromatic nitrogens is 4. The van der Waals surface area contributed by atoms with Crippen molar-refractivity contribution in [1.29, 1.82) is 0 Å². The predicted molar refractivity (Wildman–Crippen MR) is 153 cm³/mol. The molecule has 10 nitrogen and oxygen atoms in total. The maximum absolute atomic E-state index is 12.9. The largest absolute Gasteiger partial charge is 0.422 e. The molecule has 204 valence electrons. The summed E-state index contributed by atoms with van der Waals surface area (Å²) < 4.78 is 13.4. The number of anilines is 2. The number of hydrogen-bond acceptors (Lipinski definition) is 9. The second-order valence-corrected chi connectivity index (χ2v) is 10.3. The molecular formula is C30H30N6O4. The highest BCUT2D eigenvalue weighted by molar-refractivity contribution is 6.00. The van der Waals surface area contributed by atoms with Crippen molar-refractivity contribution in [3.63, 3.8) is 0 Å². The van der Waals surface area contributed by atoms with Crippen molar-refractivity contribution >= 4 is 39.3 Å². The molecule has 0 aliphatic carbocycles. The number of nitrogens with one attached hydrogen (secondary N) is 2. The van der Waals surface area contributed by atoms with Gasteiger partial charge in [0.25, 0.3) is 0 Å². The van der Waals surface area contributed by atoms with E-state index in [2.05, 4.69) is 40.6 Å². The summed E-state index contributed by atoms with van der Waals surface area (Å²) in [6, 6.07) is 13.4. The van der Waals surface area contributed by atoms with Crippen LogP contribution in [0.5, 0.6) is 0 Å². The van der Waals surface area contributed by atoms with E-state index >= 15 is 0 Å². The van der Waals surface area contributed by atoms with Crippen molar-refractivity contribution in [2.45, 2.75) is 32.8 Å². The number of carbonyl (C=O) groups excluding carboxylic acids is 1. The molecule has 1 aliphatic heterocycles. The zero-order valence-corrected chi connectivity index (χ0v) is 22.8. The first-order chi connectivity index (χ1) is 19.3. The van der Waals surface area contributed by atoms with E-state index in [9.17, 15) is 9.59 Å². The fourth-order valence-electron chi connectivity index (χ4n) is 5.49. The molecule has 0 spiro atoms. The number of Topliss-reactive ketones (excluding diaryl/α,β-unsaturated/α-hetero) is 1. The van der Waals surface area contributed by atoms with Crippen LogP contribution >= 0.6 is 0 Å². The highest BCUT2D eigenvalue weighted by Gasteiger charge is 2.27. The molecule has 1 saturated heterocycles. The minimum Gasteiger partial charge on any atom is -0.422 e. The Morgan fingerprint density at radius 2 is 2.00 bits per heavy atom. The van der Waals surface area contributed by atoms with Crippen LogP contribution in [-0.4, -0.2) is 45.2 Å². The first kappa shape index (κ1) is 25.8. The maximum atomic E-state index is 12.9. The zero-order valence-electron chi connectivity index (χ0n) is 22.8. The van der Waals surface area contributed by atoms with E-state index in [-0.39, 0.29) is 11.3 Å². The van der Waals surface area contributed by atoms with Crippen molar-refractivity contribution in [3.05, 3.63) is 75.9 Å². The van der Waals surface area contributed by atoms with Gasteiger partial charge in [-0.05, 0) is 43.2 Å². The van der Waals surface area contributed by atoms with Crippen LogP contribution in [0.2, 0.25) is 0 Å². The van der Waals surface area contributed by atoms with Crippen molar-refractivity contribution in [3.8, 4) is 11.3 Å². The molecule has 1 atom stereocenters. The Kier molecular flexibility index (Phi) is 6.65. The summed E-state index contributed by atoms with van der Waals surface area (Å²) in [6.45, 7) is 7.39. The van der Waals surface area contributed by atoms with Gasteiger partial charge in [0.2, 0.25) is 5.95 Å². The predicted octanol–water partition coefficient (Wildman–Crippen LogP) is 4.87. The number of benzene rings is 2. The average Bonchev–Trinajstić information content (AvgIpc) is 3.27. The molecule has 0 radical (unpaired) electrons. The summed E-state index contributed by atoms with van der Waals surface area (Å²) in [5.74, 6) is 0.376. The third kappa shape index (κ3) is 4.65. The van der Waals surface area contributed by atoms with E-state index in [0.717, 1.165) is 22.2 Å². The highest BCUT2D eigenvalue weighted by Crippen LogP contribution is 2.32. The van der Waals surface area contributed by atoms with Crippen LogP contribution in [0.3, 0.4) is 0 Å². The summed E-state index contributed by atoms with van der Waals surface area (Å²) in [5.41, 5.74) is 4.74. The molecule has 5 aromatic rings. The number of rotatable bonds is 6. The van der Waals surface area contributed by atoms with Crippen LogP contribution in [0.25, 0.3) is 33.1 Å². The lowest BCUT2D eigenvalue weighted by Crippen LogP contribution is -2.35. The summed E-state index contributed by atoms with van der Waals surface area (Å²) in [5, 5.41) is 12.9. The number of carbonyl (C=O) groups is 1. The monoisotopic (exact) mass is 538 g/mol. The Hall–Kier alpha value is -4.41. The van der Waals surface area contributed by atoms with Crippen molar-refractivity contribution in [2.75, 3.05) is 25.0 Å². The van der Waals surface area contributed by atoms with Gasteiger partial charge in [-0.2, -0.15) is 5.10 Å². The number of fused-ring (bicyclic) bond motifs is 2. The van der Waals surface area contributed by atoms with E-state index in [1.165, 1.54) is 12.6 Å². The molecule has 2 aromatic carbocycles. The SMILES string of the molecule is CC(=O)c1c(C2CNCCO2)c2ccc(Nc3nccc(-c4ccc5nn(C)c(C(C)C)c5c4)n3)cc2oc1=O. The van der Waals surface area contributed by atoms with E-state index in [1.54, 1.807) is 12.3 Å². The van der Waals surface area contributed by atoms with Crippen molar-refractivity contribution < 1.29 is 13.9 Å². The minimum atomic E-state index is -0.675. The summed E-state index contributed by atoms with van der Waals surface area (Å²) in [4.78, 5) is 34.4. The Morgan fingerprint density at radius 1 is 1.15 bits per heavy atom. The lowest BCUT2D eigenvalue weighted by atomic mass is 9.96. The molecule has 2 N–H and O–H groups in total. The number of aryl methyl sites for hydroxylation is 1. The van der Waals surface area contributed by atoms with Crippen LogP contribution in [0.1, 0.15) is 54.4 Å². The van der Waals surface area contributed by atoms with E-state index < -0.39 is 11.7 Å². The van der Waals surface area contributed by atoms with Gasteiger partial charge < -0.3 is 19.8 Å². The number of morpholine rings is 1. The van der Waals surface area contributed by atoms with Crippen LogP contribution in [-0.2, 0) is 11.8 Å². The Bertz CT molecular complexity index is 1820. The van der Waals surface area contributed by atoms with E-state index in [1.807, 2.05) is 42.1 Å². The van der Waals surface area contributed by atoms with Crippen molar-refractivity contribution in [2.24, 2.45) is 7.05 Å². The quantitative estimate of drug-likeness (QED) is 0.230. The smallest absolute Gasteiger partial charge is 0.347 e. The standard InChI is InChI=1S/C30H30N6O4/c1-16(2)28-21-13-18(5-8-23(21)35-36(28)4)22-9-10-32-30(34-22)33-19-6-7-20-24(14-19)40-29(38)26(17(3)37)27(20)25-15-31-11-12-39-25/h5-10,13-14,16,25,31H,11-12,15H2,1-4H3,(H,32,33,34). The molecule has 0 amide bonds.